The number of ether oxygens (including phenoxy) is 2. The first kappa shape index (κ1) is 33.0. The second-order valence-electron chi connectivity index (χ2n) is 19.2. The topological polar surface area (TPSA) is 24.9 Å². The summed E-state index contributed by atoms with van der Waals surface area (Å²) >= 11 is 0. The lowest BCUT2D eigenvalue weighted by molar-refractivity contribution is 0.392. The summed E-state index contributed by atoms with van der Waals surface area (Å²) in [5.74, 6) is 3.84. The molecule has 0 unspecified atom stereocenters. The summed E-state index contributed by atoms with van der Waals surface area (Å²) in [5, 5.41) is 0. The van der Waals surface area contributed by atoms with Gasteiger partial charge < -0.3 is 19.3 Å². The zero-order valence-corrected chi connectivity index (χ0v) is 33.2. The first-order valence-corrected chi connectivity index (χ1v) is 20.0. The van der Waals surface area contributed by atoms with Crippen molar-refractivity contribution in [1.82, 2.24) is 0 Å². The van der Waals surface area contributed by atoms with Crippen molar-refractivity contribution in [3.63, 3.8) is 0 Å². The lowest BCUT2D eigenvalue weighted by Gasteiger charge is -2.41. The van der Waals surface area contributed by atoms with Gasteiger partial charge in [-0.25, -0.2) is 0 Å². The predicted octanol–water partition coefficient (Wildman–Crippen LogP) is 11.6. The average molecular weight is 719 g/mol. The van der Waals surface area contributed by atoms with Gasteiger partial charge in [0.25, 0.3) is 6.71 Å². The molecule has 4 nitrogen and oxygen atoms in total. The lowest BCUT2D eigenvalue weighted by atomic mass is 9.34. The van der Waals surface area contributed by atoms with E-state index in [1.165, 1.54) is 33.2 Å². The van der Waals surface area contributed by atoms with Crippen LogP contribution in [0.5, 0.6) is 23.0 Å². The van der Waals surface area contributed by atoms with Gasteiger partial charge in [0.15, 0.2) is 0 Å². The molecule has 3 aliphatic heterocycles. The molecule has 0 N–H and O–H groups in total. The fraction of sp³-hybridized carbons (Fsp3) is 0.280. The van der Waals surface area contributed by atoms with E-state index in [1.807, 2.05) is 0 Å². The highest BCUT2D eigenvalue weighted by Crippen LogP contribution is 2.58. The highest BCUT2D eigenvalue weighted by Gasteiger charge is 2.51. The molecule has 6 aromatic rings. The second kappa shape index (κ2) is 10.7. The van der Waals surface area contributed by atoms with E-state index in [1.54, 1.807) is 0 Å². The van der Waals surface area contributed by atoms with E-state index in [0.717, 1.165) is 75.4 Å². The van der Waals surface area contributed by atoms with Crippen molar-refractivity contribution in [3.05, 3.63) is 138 Å². The second-order valence-corrected chi connectivity index (χ2v) is 19.2. The first-order valence-electron chi connectivity index (χ1n) is 20.0. The molecule has 11 rings (SSSR count). The molecule has 0 aromatic heterocycles. The third-order valence-corrected chi connectivity index (χ3v) is 13.4. The standard InChI is InChI=1S/C50H47BN2O2/c1-47(2)28-49(5,6)42-32(47)22-24-34-45(42)54-40-26-31(27-41-44(40)51(34)35-25-23-33-43(46(35)55-41)50(7,8)29-48(33,3)4)53-38-20-14-12-18-36(38)52(30-16-10-9-11-17-30)37-19-13-15-21-39(37)53/h9-27H,28-29H2,1-8H3. The first-order chi connectivity index (χ1) is 26.3. The van der Waals surface area contributed by atoms with Gasteiger partial charge in [0.1, 0.15) is 23.0 Å². The number of nitrogens with zero attached hydrogens (tertiary/aromatic N) is 2. The Labute approximate surface area is 325 Å². The molecule has 0 radical (unpaired) electrons. The van der Waals surface area contributed by atoms with Gasteiger partial charge >= 0.3 is 0 Å². The van der Waals surface area contributed by atoms with E-state index in [-0.39, 0.29) is 28.4 Å². The van der Waals surface area contributed by atoms with E-state index >= 15 is 0 Å². The molecular formula is C50H47BN2O2. The Balaban J connectivity index is 1.18. The minimum absolute atomic E-state index is 0.00400. The van der Waals surface area contributed by atoms with Crippen LogP contribution in [0.15, 0.2) is 115 Å². The van der Waals surface area contributed by atoms with Gasteiger partial charge in [-0.05, 0) is 93.0 Å². The molecule has 5 aliphatic rings. The van der Waals surface area contributed by atoms with E-state index < -0.39 is 0 Å². The average Bonchev–Trinajstić information content (AvgIpc) is 3.48. The van der Waals surface area contributed by atoms with Crippen molar-refractivity contribution in [2.75, 3.05) is 9.80 Å². The zero-order valence-electron chi connectivity index (χ0n) is 33.2. The Morgan fingerprint density at radius 3 is 1.29 bits per heavy atom. The van der Waals surface area contributed by atoms with Crippen molar-refractivity contribution in [3.8, 4) is 23.0 Å². The van der Waals surface area contributed by atoms with Crippen LogP contribution in [0.2, 0.25) is 0 Å². The third-order valence-electron chi connectivity index (χ3n) is 13.4. The number of rotatable bonds is 2. The number of hydrogen-bond acceptors (Lipinski definition) is 4. The van der Waals surface area contributed by atoms with Gasteiger partial charge in [-0.3, -0.25) is 0 Å². The Morgan fingerprint density at radius 2 is 0.855 bits per heavy atom. The molecule has 0 atom stereocenters. The number of hydrogen-bond donors (Lipinski definition) is 0. The lowest BCUT2D eigenvalue weighted by Crippen LogP contribution is -2.58. The van der Waals surface area contributed by atoms with Crippen molar-refractivity contribution >= 4 is 57.2 Å². The van der Waals surface area contributed by atoms with Gasteiger partial charge in [-0.2, -0.15) is 0 Å². The van der Waals surface area contributed by atoms with Gasteiger partial charge in [0.2, 0.25) is 0 Å². The summed E-state index contributed by atoms with van der Waals surface area (Å²) in [5.41, 5.74) is 15.8. The van der Waals surface area contributed by atoms with Gasteiger partial charge in [0.05, 0.1) is 28.4 Å². The number of anilines is 6. The van der Waals surface area contributed by atoms with Crippen LogP contribution >= 0.6 is 0 Å². The molecule has 272 valence electrons. The largest absolute Gasteiger partial charge is 0.458 e. The Hall–Kier alpha value is -5.42. The molecule has 0 bridgehead atoms. The maximum atomic E-state index is 7.36. The van der Waals surface area contributed by atoms with Crippen molar-refractivity contribution < 1.29 is 9.47 Å². The van der Waals surface area contributed by atoms with E-state index in [9.17, 15) is 0 Å². The van der Waals surface area contributed by atoms with Crippen LogP contribution in [0.1, 0.15) is 90.5 Å². The SMILES string of the molecule is CC1(C)CC(C)(C)c2c1ccc1c2Oc2cc(N3c4ccccc4N(c4ccccc4)c4ccccc43)cc3c2B1c1ccc2c(c1O3)C(C)(C)CC2(C)C. The van der Waals surface area contributed by atoms with Crippen LogP contribution in [0.25, 0.3) is 0 Å². The fourth-order valence-corrected chi connectivity index (χ4v) is 11.9. The third kappa shape index (κ3) is 4.41. The van der Waals surface area contributed by atoms with Crippen LogP contribution < -0.4 is 35.7 Å². The van der Waals surface area contributed by atoms with Gasteiger partial charge in [-0.15, -0.1) is 0 Å². The molecule has 0 fully saturated rings. The normalized spacial score (nSPS) is 19.2. The van der Waals surface area contributed by atoms with Gasteiger partial charge in [0, 0.05) is 34.4 Å². The summed E-state index contributed by atoms with van der Waals surface area (Å²) in [6.45, 7) is 19.2. The van der Waals surface area contributed by atoms with Crippen LogP contribution in [0, 0.1) is 0 Å². The summed E-state index contributed by atoms with van der Waals surface area (Å²) in [6, 6.07) is 42.2. The molecule has 0 amide bonds. The van der Waals surface area contributed by atoms with Crippen molar-refractivity contribution in [1.29, 1.82) is 0 Å². The minimum atomic E-state index is -0.0360. The molecule has 6 aromatic carbocycles. The van der Waals surface area contributed by atoms with E-state index in [4.69, 9.17) is 9.47 Å². The van der Waals surface area contributed by atoms with Crippen LogP contribution in [0.4, 0.5) is 34.1 Å². The summed E-state index contributed by atoms with van der Waals surface area (Å²) in [6.07, 6.45) is 2.15. The Morgan fingerprint density at radius 1 is 0.455 bits per heavy atom. The molecule has 5 heteroatoms. The van der Waals surface area contributed by atoms with Crippen molar-refractivity contribution in [2.24, 2.45) is 0 Å². The molecule has 0 saturated heterocycles. The summed E-state index contributed by atoms with van der Waals surface area (Å²) in [4.78, 5) is 4.78. The maximum absolute atomic E-state index is 7.36. The molecule has 3 heterocycles. The smallest absolute Gasteiger partial charge is 0.260 e. The predicted molar refractivity (Wildman–Crippen MR) is 228 cm³/mol. The minimum Gasteiger partial charge on any atom is -0.458 e. The fourth-order valence-electron chi connectivity index (χ4n) is 11.9. The molecule has 55 heavy (non-hydrogen) atoms. The summed E-state index contributed by atoms with van der Waals surface area (Å²) in [7, 11) is 0. The Kier molecular flexibility index (Phi) is 6.39. The quantitative estimate of drug-likeness (QED) is 0.166. The molecule has 0 spiro atoms. The van der Waals surface area contributed by atoms with E-state index in [0.29, 0.717) is 0 Å². The number of para-hydroxylation sites is 5. The zero-order chi connectivity index (χ0) is 37.8. The van der Waals surface area contributed by atoms with Crippen LogP contribution in [-0.2, 0) is 21.7 Å². The van der Waals surface area contributed by atoms with Gasteiger partial charge in [-0.1, -0.05) is 122 Å². The molecule has 0 saturated carbocycles. The van der Waals surface area contributed by atoms with Crippen molar-refractivity contribution in [2.45, 2.75) is 89.9 Å². The highest BCUT2D eigenvalue weighted by atomic mass is 16.5. The number of benzene rings is 6. The monoisotopic (exact) mass is 718 g/mol. The van der Waals surface area contributed by atoms with Crippen LogP contribution in [0.3, 0.4) is 0 Å². The summed E-state index contributed by atoms with van der Waals surface area (Å²) < 4.78 is 14.7. The molecular weight excluding hydrogens is 671 g/mol. The Bertz CT molecular complexity index is 2480. The van der Waals surface area contributed by atoms with Crippen LogP contribution in [-0.4, -0.2) is 6.71 Å². The van der Waals surface area contributed by atoms with E-state index in [2.05, 4.69) is 180 Å². The maximum Gasteiger partial charge on any atom is 0.260 e. The number of fused-ring (bicyclic) bond motifs is 10. The molecule has 2 aliphatic carbocycles. The highest BCUT2D eigenvalue weighted by molar-refractivity contribution is 6.98.